The summed E-state index contributed by atoms with van der Waals surface area (Å²) < 4.78 is 0. The molecule has 0 bridgehead atoms. The Morgan fingerprint density at radius 1 is 1.00 bits per heavy atom. The molecule has 1 nitrogen and oxygen atoms in total. The minimum Gasteiger partial charge on any atom is -0.198 e. The molecule has 0 radical (unpaired) electrons. The van der Waals surface area contributed by atoms with Gasteiger partial charge in [0.05, 0.1) is 12.0 Å². The molecule has 84 valence electrons. The first kappa shape index (κ1) is 11.2. The van der Waals surface area contributed by atoms with Crippen LogP contribution in [0.3, 0.4) is 0 Å². The van der Waals surface area contributed by atoms with Crippen LogP contribution in [0.5, 0.6) is 0 Å². The van der Waals surface area contributed by atoms with Crippen molar-refractivity contribution in [2.24, 2.45) is 5.92 Å². The first-order valence-corrected chi connectivity index (χ1v) is 6.36. The molecule has 0 spiro atoms. The maximum Gasteiger partial charge on any atom is 0.0740 e. The Morgan fingerprint density at radius 2 is 1.62 bits per heavy atom. The Labute approximate surface area is 98.1 Å². The molecule has 1 aliphatic carbocycles. The zero-order chi connectivity index (χ0) is 11.2. The summed E-state index contributed by atoms with van der Waals surface area (Å²) in [4.78, 5) is 0. The van der Waals surface area contributed by atoms with Gasteiger partial charge in [0.1, 0.15) is 0 Å². The van der Waals surface area contributed by atoms with Crippen LogP contribution < -0.4 is 0 Å². The second-order valence-electron chi connectivity index (χ2n) is 4.77. The molecule has 1 fully saturated rings. The van der Waals surface area contributed by atoms with Crippen molar-refractivity contribution in [1.29, 1.82) is 5.26 Å². The van der Waals surface area contributed by atoms with Gasteiger partial charge in [0, 0.05) is 0 Å². The third-order valence-electron chi connectivity index (χ3n) is 3.67. The van der Waals surface area contributed by atoms with Gasteiger partial charge in [0.2, 0.25) is 0 Å². The standard InChI is InChI=1S/C15H19N/c16-12-15(14-10-6-3-7-11-14)13-8-4-1-2-5-9-13/h3,6-7,10-11,13,15H,1-2,4-5,8-9H2. The van der Waals surface area contributed by atoms with Gasteiger partial charge in [-0.3, -0.25) is 0 Å². The third kappa shape index (κ3) is 2.64. The molecule has 0 heterocycles. The van der Waals surface area contributed by atoms with Crippen molar-refractivity contribution >= 4 is 0 Å². The summed E-state index contributed by atoms with van der Waals surface area (Å²) in [5.74, 6) is 0.689. The van der Waals surface area contributed by atoms with Gasteiger partial charge in [0.15, 0.2) is 0 Å². The number of hydrogen-bond donors (Lipinski definition) is 0. The zero-order valence-corrected chi connectivity index (χ0v) is 9.73. The van der Waals surface area contributed by atoms with E-state index in [0.29, 0.717) is 5.92 Å². The van der Waals surface area contributed by atoms with Crippen LogP contribution in [0.1, 0.15) is 50.0 Å². The van der Waals surface area contributed by atoms with Crippen LogP contribution in [0, 0.1) is 17.2 Å². The number of nitriles is 1. The fourth-order valence-electron chi connectivity index (χ4n) is 2.76. The fraction of sp³-hybridized carbons (Fsp3) is 0.533. The van der Waals surface area contributed by atoms with E-state index in [9.17, 15) is 5.26 Å². The minimum absolute atomic E-state index is 0.110. The maximum atomic E-state index is 9.37. The second-order valence-corrected chi connectivity index (χ2v) is 4.77. The van der Waals surface area contributed by atoms with Crippen molar-refractivity contribution in [2.75, 3.05) is 0 Å². The summed E-state index contributed by atoms with van der Waals surface area (Å²) in [6.45, 7) is 0. The summed E-state index contributed by atoms with van der Waals surface area (Å²) in [5.41, 5.74) is 1.21. The zero-order valence-electron chi connectivity index (χ0n) is 9.73. The Balaban J connectivity index is 2.13. The highest BCUT2D eigenvalue weighted by Crippen LogP contribution is 2.34. The van der Waals surface area contributed by atoms with Crippen LogP contribution in [0.4, 0.5) is 0 Å². The predicted molar refractivity (Wildman–Crippen MR) is 66.0 cm³/mol. The summed E-state index contributed by atoms with van der Waals surface area (Å²) >= 11 is 0. The Kier molecular flexibility index (Phi) is 3.99. The van der Waals surface area contributed by atoms with E-state index in [1.165, 1.54) is 44.1 Å². The van der Waals surface area contributed by atoms with Crippen LogP contribution in [0.15, 0.2) is 30.3 Å². The Hall–Kier alpha value is -1.29. The average Bonchev–Trinajstić information content (AvgIpc) is 2.61. The first-order chi connectivity index (χ1) is 7.92. The highest BCUT2D eigenvalue weighted by Gasteiger charge is 2.23. The molecular weight excluding hydrogens is 194 g/mol. The van der Waals surface area contributed by atoms with Gasteiger partial charge in [-0.15, -0.1) is 0 Å². The van der Waals surface area contributed by atoms with E-state index in [-0.39, 0.29) is 5.92 Å². The summed E-state index contributed by atoms with van der Waals surface area (Å²) in [7, 11) is 0. The van der Waals surface area contributed by atoms with E-state index < -0.39 is 0 Å². The van der Waals surface area contributed by atoms with Gasteiger partial charge in [0.25, 0.3) is 0 Å². The quantitative estimate of drug-likeness (QED) is 0.673. The van der Waals surface area contributed by atoms with Gasteiger partial charge in [-0.2, -0.15) is 5.26 Å². The van der Waals surface area contributed by atoms with E-state index in [1.807, 2.05) is 18.2 Å². The molecule has 0 amide bonds. The lowest BCUT2D eigenvalue weighted by atomic mass is 9.82. The van der Waals surface area contributed by atoms with Crippen molar-refractivity contribution in [2.45, 2.75) is 44.4 Å². The molecule has 16 heavy (non-hydrogen) atoms. The highest BCUT2D eigenvalue weighted by atomic mass is 14.3. The number of hydrogen-bond acceptors (Lipinski definition) is 1. The Morgan fingerprint density at radius 3 is 2.19 bits per heavy atom. The molecule has 0 aliphatic heterocycles. The van der Waals surface area contributed by atoms with Crippen molar-refractivity contribution < 1.29 is 0 Å². The van der Waals surface area contributed by atoms with E-state index >= 15 is 0 Å². The fourth-order valence-corrected chi connectivity index (χ4v) is 2.76. The van der Waals surface area contributed by atoms with E-state index in [1.54, 1.807) is 0 Å². The van der Waals surface area contributed by atoms with Crippen molar-refractivity contribution in [3.05, 3.63) is 35.9 Å². The summed E-state index contributed by atoms with van der Waals surface area (Å²) in [5, 5.41) is 9.37. The highest BCUT2D eigenvalue weighted by molar-refractivity contribution is 5.25. The largest absolute Gasteiger partial charge is 0.198 e. The van der Waals surface area contributed by atoms with Crippen LogP contribution in [0.2, 0.25) is 0 Å². The topological polar surface area (TPSA) is 23.8 Å². The molecular formula is C15H19N. The number of rotatable bonds is 2. The van der Waals surface area contributed by atoms with Crippen molar-refractivity contribution in [3.8, 4) is 6.07 Å². The first-order valence-electron chi connectivity index (χ1n) is 6.36. The van der Waals surface area contributed by atoms with E-state index in [0.717, 1.165) is 0 Å². The van der Waals surface area contributed by atoms with E-state index in [4.69, 9.17) is 0 Å². The third-order valence-corrected chi connectivity index (χ3v) is 3.67. The maximum absolute atomic E-state index is 9.37. The van der Waals surface area contributed by atoms with E-state index in [2.05, 4.69) is 18.2 Å². The molecule has 0 saturated heterocycles. The molecule has 1 unspecified atom stereocenters. The monoisotopic (exact) mass is 213 g/mol. The molecule has 1 aliphatic rings. The number of nitrogens with zero attached hydrogens (tertiary/aromatic N) is 1. The molecule has 1 aromatic rings. The number of benzene rings is 1. The minimum atomic E-state index is 0.110. The van der Waals surface area contributed by atoms with Crippen LogP contribution in [0.25, 0.3) is 0 Å². The van der Waals surface area contributed by atoms with Gasteiger partial charge in [-0.05, 0) is 24.3 Å². The van der Waals surface area contributed by atoms with Crippen LogP contribution >= 0.6 is 0 Å². The van der Waals surface area contributed by atoms with Gasteiger partial charge in [-0.1, -0.05) is 56.0 Å². The van der Waals surface area contributed by atoms with Crippen molar-refractivity contribution in [3.63, 3.8) is 0 Å². The van der Waals surface area contributed by atoms with Crippen molar-refractivity contribution in [1.82, 2.24) is 0 Å². The van der Waals surface area contributed by atoms with Gasteiger partial charge < -0.3 is 0 Å². The molecule has 0 aromatic heterocycles. The molecule has 0 N–H and O–H groups in total. The normalized spacial score (nSPS) is 19.7. The molecule has 1 saturated carbocycles. The Bertz CT molecular complexity index is 341. The lowest BCUT2D eigenvalue weighted by Crippen LogP contribution is -2.10. The van der Waals surface area contributed by atoms with Gasteiger partial charge in [-0.25, -0.2) is 0 Å². The molecule has 2 rings (SSSR count). The van der Waals surface area contributed by atoms with Crippen LogP contribution in [-0.4, -0.2) is 0 Å². The average molecular weight is 213 g/mol. The molecule has 1 aromatic carbocycles. The second kappa shape index (κ2) is 5.70. The molecule has 1 heteroatoms. The smallest absolute Gasteiger partial charge is 0.0740 e. The van der Waals surface area contributed by atoms with Crippen LogP contribution in [-0.2, 0) is 0 Å². The molecule has 1 atom stereocenters. The predicted octanol–water partition coefficient (Wildman–Crippen LogP) is 4.26. The lowest BCUT2D eigenvalue weighted by molar-refractivity contribution is 0.425. The summed E-state index contributed by atoms with van der Waals surface area (Å²) in [6, 6.07) is 12.8. The summed E-state index contributed by atoms with van der Waals surface area (Å²) in [6.07, 6.45) is 7.76. The SMILES string of the molecule is N#CC(c1ccccc1)C1CCCCCC1. The lowest BCUT2D eigenvalue weighted by Gasteiger charge is -2.20. The van der Waals surface area contributed by atoms with Gasteiger partial charge >= 0.3 is 0 Å².